The topological polar surface area (TPSA) is 36.8 Å². The van der Waals surface area contributed by atoms with Crippen LogP contribution in [0.3, 0.4) is 0 Å². The maximum atomic E-state index is 3.87. The molecular weight excluding hydrogens is 126 g/mol. The second-order valence-corrected chi connectivity index (χ2v) is 1.65. The molecule has 0 saturated heterocycles. The molecule has 0 radical (unpaired) electrons. The summed E-state index contributed by atoms with van der Waals surface area (Å²) in [6.07, 6.45) is 6.25. The van der Waals surface area contributed by atoms with Gasteiger partial charge in [-0.25, -0.2) is 0 Å². The molecule has 3 nitrogen and oxygen atoms in total. The smallest absolute Gasteiger partial charge is 0.0528 e. The minimum atomic E-state index is 0.704. The normalized spacial score (nSPS) is 10.9. The predicted octanol–water partition coefficient (Wildman–Crippen LogP) is 1.19. The number of nitrogens with one attached hydrogen (secondary N) is 1. The standard InChI is InChI=1S/C7H13N3/c1-3-5-9-10-7-4-6-8-2/h4-6,10H,2-3,7H2,1H3/b6-4-,9-5-. The van der Waals surface area contributed by atoms with Gasteiger partial charge in [-0.1, -0.05) is 6.92 Å². The average molecular weight is 139 g/mol. The molecule has 0 aliphatic heterocycles. The quantitative estimate of drug-likeness (QED) is 0.346. The molecule has 0 amide bonds. The summed E-state index contributed by atoms with van der Waals surface area (Å²) in [4.78, 5) is 3.53. The molecule has 0 bridgehead atoms. The molecule has 0 rings (SSSR count). The zero-order valence-corrected chi connectivity index (χ0v) is 6.25. The first-order valence-corrected chi connectivity index (χ1v) is 3.27. The molecule has 0 aliphatic rings. The summed E-state index contributed by atoms with van der Waals surface area (Å²) < 4.78 is 0. The van der Waals surface area contributed by atoms with Crippen LogP contribution in [0, 0.1) is 0 Å². The molecule has 0 unspecified atom stereocenters. The second-order valence-electron chi connectivity index (χ2n) is 1.65. The third-order valence-electron chi connectivity index (χ3n) is 0.785. The molecule has 0 spiro atoms. The van der Waals surface area contributed by atoms with Crippen LogP contribution >= 0.6 is 0 Å². The van der Waals surface area contributed by atoms with Gasteiger partial charge in [0.2, 0.25) is 0 Å². The van der Waals surface area contributed by atoms with E-state index in [4.69, 9.17) is 0 Å². The maximum absolute atomic E-state index is 3.87. The van der Waals surface area contributed by atoms with Crippen LogP contribution in [-0.2, 0) is 0 Å². The van der Waals surface area contributed by atoms with Crippen molar-refractivity contribution in [3.05, 3.63) is 12.3 Å². The fourth-order valence-corrected chi connectivity index (χ4v) is 0.388. The van der Waals surface area contributed by atoms with Crippen molar-refractivity contribution in [1.82, 2.24) is 5.43 Å². The van der Waals surface area contributed by atoms with Crippen LogP contribution in [0.1, 0.15) is 13.3 Å². The summed E-state index contributed by atoms with van der Waals surface area (Å²) >= 11 is 0. The first-order valence-electron chi connectivity index (χ1n) is 3.27. The summed E-state index contributed by atoms with van der Waals surface area (Å²) in [5, 5.41) is 3.87. The Morgan fingerprint density at radius 2 is 2.40 bits per heavy atom. The van der Waals surface area contributed by atoms with Crippen molar-refractivity contribution >= 4 is 12.9 Å². The molecule has 0 aliphatic carbocycles. The first kappa shape index (κ1) is 8.88. The molecule has 0 aromatic rings. The van der Waals surface area contributed by atoms with Gasteiger partial charge in [0.15, 0.2) is 0 Å². The zero-order valence-electron chi connectivity index (χ0n) is 6.25. The van der Waals surface area contributed by atoms with Crippen molar-refractivity contribution in [3.63, 3.8) is 0 Å². The predicted molar refractivity (Wildman–Crippen MR) is 45.5 cm³/mol. The van der Waals surface area contributed by atoms with Crippen molar-refractivity contribution in [1.29, 1.82) is 0 Å². The Bertz CT molecular complexity index is 127. The van der Waals surface area contributed by atoms with E-state index in [9.17, 15) is 0 Å². The van der Waals surface area contributed by atoms with E-state index in [2.05, 4.69) is 22.2 Å². The van der Waals surface area contributed by atoms with E-state index < -0.39 is 0 Å². The van der Waals surface area contributed by atoms with Gasteiger partial charge in [-0.15, -0.1) is 0 Å². The Morgan fingerprint density at radius 1 is 1.60 bits per heavy atom. The minimum absolute atomic E-state index is 0.704. The lowest BCUT2D eigenvalue weighted by Crippen LogP contribution is -2.03. The van der Waals surface area contributed by atoms with Crippen LogP contribution in [0.2, 0.25) is 0 Å². The van der Waals surface area contributed by atoms with E-state index in [-0.39, 0.29) is 0 Å². The lowest BCUT2D eigenvalue weighted by Gasteiger charge is -1.89. The van der Waals surface area contributed by atoms with E-state index in [1.54, 1.807) is 6.20 Å². The molecule has 0 atom stereocenters. The largest absolute Gasteiger partial charge is 0.307 e. The van der Waals surface area contributed by atoms with E-state index in [1.165, 1.54) is 0 Å². The fourth-order valence-electron chi connectivity index (χ4n) is 0.388. The number of hydrogen-bond donors (Lipinski definition) is 1. The maximum Gasteiger partial charge on any atom is 0.0528 e. The van der Waals surface area contributed by atoms with Crippen molar-refractivity contribution in [3.8, 4) is 0 Å². The van der Waals surface area contributed by atoms with Gasteiger partial charge in [-0.2, -0.15) is 5.10 Å². The molecular formula is C7H13N3. The Balaban J connectivity index is 3.11. The highest BCUT2D eigenvalue weighted by atomic mass is 15.3. The van der Waals surface area contributed by atoms with E-state index >= 15 is 0 Å². The lowest BCUT2D eigenvalue weighted by molar-refractivity contribution is 0.825. The van der Waals surface area contributed by atoms with Gasteiger partial charge >= 0.3 is 0 Å². The SMILES string of the molecule is C=N/C=C\CN/N=C\CC. The molecule has 0 saturated carbocycles. The number of aliphatic imine (C=N–C) groups is 1. The minimum Gasteiger partial charge on any atom is -0.307 e. The van der Waals surface area contributed by atoms with Gasteiger partial charge in [0, 0.05) is 12.4 Å². The summed E-state index contributed by atoms with van der Waals surface area (Å²) in [7, 11) is 0. The van der Waals surface area contributed by atoms with Crippen LogP contribution in [-0.4, -0.2) is 19.5 Å². The molecule has 0 aromatic heterocycles. The van der Waals surface area contributed by atoms with Crippen LogP contribution in [0.15, 0.2) is 22.4 Å². The molecule has 0 aromatic carbocycles. The average Bonchev–Trinajstić information content (AvgIpc) is 1.97. The van der Waals surface area contributed by atoms with Crippen molar-refractivity contribution in [2.75, 3.05) is 6.54 Å². The van der Waals surface area contributed by atoms with Gasteiger partial charge < -0.3 is 5.43 Å². The van der Waals surface area contributed by atoms with Gasteiger partial charge in [-0.05, 0) is 19.2 Å². The molecule has 1 N–H and O–H groups in total. The third-order valence-corrected chi connectivity index (χ3v) is 0.785. The fraction of sp³-hybridized carbons (Fsp3) is 0.429. The highest BCUT2D eigenvalue weighted by Crippen LogP contribution is 1.70. The van der Waals surface area contributed by atoms with Crippen molar-refractivity contribution in [2.24, 2.45) is 10.1 Å². The Morgan fingerprint density at radius 3 is 3.00 bits per heavy atom. The van der Waals surface area contributed by atoms with Crippen LogP contribution in [0.25, 0.3) is 0 Å². The highest BCUT2D eigenvalue weighted by Gasteiger charge is 1.69. The monoisotopic (exact) mass is 139 g/mol. The van der Waals surface area contributed by atoms with Crippen molar-refractivity contribution < 1.29 is 0 Å². The Kier molecular flexibility index (Phi) is 7.00. The molecule has 0 fully saturated rings. The van der Waals surface area contributed by atoms with Gasteiger partial charge in [0.05, 0.1) is 6.54 Å². The van der Waals surface area contributed by atoms with Crippen LogP contribution in [0.5, 0.6) is 0 Å². The van der Waals surface area contributed by atoms with Crippen LogP contribution in [0.4, 0.5) is 0 Å². The second kappa shape index (κ2) is 7.88. The van der Waals surface area contributed by atoms with Crippen LogP contribution < -0.4 is 5.43 Å². The number of nitrogens with zero attached hydrogens (tertiary/aromatic N) is 2. The zero-order chi connectivity index (χ0) is 7.66. The molecule has 3 heteroatoms. The van der Waals surface area contributed by atoms with Crippen molar-refractivity contribution in [2.45, 2.75) is 13.3 Å². The highest BCUT2D eigenvalue weighted by molar-refractivity contribution is 5.55. The molecule has 0 heterocycles. The van der Waals surface area contributed by atoms with E-state index in [0.717, 1.165) is 6.42 Å². The summed E-state index contributed by atoms with van der Waals surface area (Å²) in [6, 6.07) is 0. The summed E-state index contributed by atoms with van der Waals surface area (Å²) in [5.74, 6) is 0. The molecule has 10 heavy (non-hydrogen) atoms. The Hall–Kier alpha value is -1.12. The number of rotatable bonds is 5. The third kappa shape index (κ3) is 6.88. The summed E-state index contributed by atoms with van der Waals surface area (Å²) in [5.41, 5.74) is 2.82. The lowest BCUT2D eigenvalue weighted by atomic mass is 10.5. The van der Waals surface area contributed by atoms with Gasteiger partial charge in [0.25, 0.3) is 0 Å². The summed E-state index contributed by atoms with van der Waals surface area (Å²) in [6.45, 7) is 6.03. The van der Waals surface area contributed by atoms with Gasteiger partial charge in [0.1, 0.15) is 0 Å². The Labute approximate surface area is 61.5 Å². The molecule has 56 valence electrons. The van der Waals surface area contributed by atoms with Gasteiger partial charge in [-0.3, -0.25) is 4.99 Å². The number of hydrogen-bond acceptors (Lipinski definition) is 3. The van der Waals surface area contributed by atoms with E-state index in [1.807, 2.05) is 19.2 Å². The number of hydrazone groups is 1. The van der Waals surface area contributed by atoms with E-state index in [0.29, 0.717) is 6.54 Å². The first-order chi connectivity index (χ1) is 4.91.